The van der Waals surface area contributed by atoms with Gasteiger partial charge in [-0.25, -0.2) is 4.98 Å². The average Bonchev–Trinajstić information content (AvgIpc) is 2.37. The number of hydrogen-bond acceptors (Lipinski definition) is 3. The first-order chi connectivity index (χ1) is 8.31. The summed E-state index contributed by atoms with van der Waals surface area (Å²) in [6.45, 7) is 0.354. The van der Waals surface area contributed by atoms with E-state index in [2.05, 4.69) is 9.97 Å². The first-order valence-corrected chi connectivity index (χ1v) is 5.93. The van der Waals surface area contributed by atoms with Gasteiger partial charge in [0.2, 0.25) is 5.88 Å². The number of hydrogen-bond donors (Lipinski definition) is 0. The van der Waals surface area contributed by atoms with Crippen molar-refractivity contribution in [2.24, 2.45) is 0 Å². The van der Waals surface area contributed by atoms with E-state index in [0.717, 1.165) is 11.1 Å². The molecule has 0 radical (unpaired) electrons. The highest BCUT2D eigenvalue weighted by Crippen LogP contribution is 2.21. The number of aromatic nitrogens is 2. The standard InChI is InChI=1S/C12H10Cl2N2O/c13-5-10-9(6-15-7-11(10)14)8-17-12-3-1-2-4-16-12/h1-4,6-7H,5,8H2. The van der Waals surface area contributed by atoms with Crippen LogP contribution in [0.25, 0.3) is 0 Å². The second-order valence-corrected chi connectivity index (χ2v) is 4.02. The molecule has 0 aromatic carbocycles. The van der Waals surface area contributed by atoms with Crippen LogP contribution in [0.15, 0.2) is 36.8 Å². The smallest absolute Gasteiger partial charge is 0.213 e. The lowest BCUT2D eigenvalue weighted by molar-refractivity contribution is 0.292. The molecule has 2 aromatic rings. The van der Waals surface area contributed by atoms with Crippen LogP contribution in [0.2, 0.25) is 5.02 Å². The molecule has 2 heterocycles. The number of nitrogens with zero attached hydrogens (tertiary/aromatic N) is 2. The number of halogens is 2. The minimum atomic E-state index is 0.336. The quantitative estimate of drug-likeness (QED) is 0.797. The van der Waals surface area contributed by atoms with Crippen LogP contribution in [0.5, 0.6) is 5.88 Å². The summed E-state index contributed by atoms with van der Waals surface area (Å²) in [6, 6.07) is 5.48. The predicted molar refractivity (Wildman–Crippen MR) is 67.4 cm³/mol. The van der Waals surface area contributed by atoms with E-state index in [1.54, 1.807) is 24.7 Å². The monoisotopic (exact) mass is 268 g/mol. The maximum atomic E-state index is 5.99. The molecule has 0 saturated carbocycles. The van der Waals surface area contributed by atoms with Crippen molar-refractivity contribution in [2.45, 2.75) is 12.5 Å². The Bertz CT molecular complexity index is 491. The molecule has 0 atom stereocenters. The lowest BCUT2D eigenvalue weighted by Crippen LogP contribution is -2.01. The Kier molecular flexibility index (Phi) is 4.18. The van der Waals surface area contributed by atoms with Crippen LogP contribution in [-0.4, -0.2) is 9.97 Å². The molecule has 0 aliphatic carbocycles. The van der Waals surface area contributed by atoms with Crippen LogP contribution < -0.4 is 4.74 Å². The van der Waals surface area contributed by atoms with Gasteiger partial charge in [0, 0.05) is 36.1 Å². The van der Waals surface area contributed by atoms with Crippen molar-refractivity contribution in [2.75, 3.05) is 0 Å². The van der Waals surface area contributed by atoms with Crippen LogP contribution in [0.1, 0.15) is 11.1 Å². The van der Waals surface area contributed by atoms with Crippen LogP contribution in [0.3, 0.4) is 0 Å². The van der Waals surface area contributed by atoms with Crippen LogP contribution in [0.4, 0.5) is 0 Å². The first-order valence-electron chi connectivity index (χ1n) is 5.02. The fourth-order valence-electron chi connectivity index (χ4n) is 1.36. The van der Waals surface area contributed by atoms with E-state index in [9.17, 15) is 0 Å². The summed E-state index contributed by atoms with van der Waals surface area (Å²) in [5.74, 6) is 0.899. The molecule has 17 heavy (non-hydrogen) atoms. The van der Waals surface area contributed by atoms with Gasteiger partial charge >= 0.3 is 0 Å². The summed E-state index contributed by atoms with van der Waals surface area (Å²) in [5.41, 5.74) is 1.72. The molecule has 0 spiro atoms. The number of alkyl halides is 1. The van der Waals surface area contributed by atoms with Crippen molar-refractivity contribution in [3.63, 3.8) is 0 Å². The molecule has 0 fully saturated rings. The van der Waals surface area contributed by atoms with Gasteiger partial charge in [-0.1, -0.05) is 17.7 Å². The van der Waals surface area contributed by atoms with Gasteiger partial charge in [0.25, 0.3) is 0 Å². The van der Waals surface area contributed by atoms with Gasteiger partial charge in [0.1, 0.15) is 6.61 Å². The highest BCUT2D eigenvalue weighted by atomic mass is 35.5. The first kappa shape index (κ1) is 12.1. The van der Waals surface area contributed by atoms with E-state index in [4.69, 9.17) is 27.9 Å². The highest BCUT2D eigenvalue weighted by molar-refractivity contribution is 6.32. The lowest BCUT2D eigenvalue weighted by atomic mass is 10.2. The van der Waals surface area contributed by atoms with Gasteiger partial charge in [0.05, 0.1) is 5.02 Å². The lowest BCUT2D eigenvalue weighted by Gasteiger charge is -2.09. The molecular formula is C12H10Cl2N2O. The molecule has 0 N–H and O–H groups in total. The van der Waals surface area contributed by atoms with Crippen molar-refractivity contribution in [1.82, 2.24) is 9.97 Å². The van der Waals surface area contributed by atoms with Crippen molar-refractivity contribution in [3.8, 4) is 5.88 Å². The Balaban J connectivity index is 2.12. The molecule has 5 heteroatoms. The Morgan fingerprint density at radius 1 is 1.24 bits per heavy atom. The highest BCUT2D eigenvalue weighted by Gasteiger charge is 2.07. The SMILES string of the molecule is ClCc1c(Cl)cncc1COc1ccccn1. The normalized spacial score (nSPS) is 10.2. The Hall–Kier alpha value is -1.32. The molecule has 0 saturated heterocycles. The van der Waals surface area contributed by atoms with Crippen molar-refractivity contribution < 1.29 is 4.74 Å². The summed E-state index contributed by atoms with van der Waals surface area (Å²) in [5, 5.41) is 0.558. The zero-order valence-corrected chi connectivity index (χ0v) is 10.4. The Morgan fingerprint density at radius 2 is 2.12 bits per heavy atom. The van der Waals surface area contributed by atoms with E-state index in [1.807, 2.05) is 12.1 Å². The molecule has 2 rings (SSSR count). The van der Waals surface area contributed by atoms with E-state index in [-0.39, 0.29) is 0 Å². The van der Waals surface area contributed by atoms with Gasteiger partial charge in [-0.2, -0.15) is 0 Å². The molecule has 88 valence electrons. The predicted octanol–water partition coefficient (Wildman–Crippen LogP) is 3.45. The van der Waals surface area contributed by atoms with E-state index >= 15 is 0 Å². The third-order valence-electron chi connectivity index (χ3n) is 2.24. The second kappa shape index (κ2) is 5.84. The Labute approximate surface area is 109 Å². The minimum Gasteiger partial charge on any atom is -0.473 e. The largest absolute Gasteiger partial charge is 0.473 e. The maximum Gasteiger partial charge on any atom is 0.213 e. The summed E-state index contributed by atoms with van der Waals surface area (Å²) in [6.07, 6.45) is 4.95. The minimum absolute atomic E-state index is 0.336. The summed E-state index contributed by atoms with van der Waals surface area (Å²) < 4.78 is 5.52. The molecular weight excluding hydrogens is 259 g/mol. The topological polar surface area (TPSA) is 35.0 Å². The molecule has 0 amide bonds. The summed E-state index contributed by atoms with van der Waals surface area (Å²) in [7, 11) is 0. The molecule has 0 bridgehead atoms. The number of ether oxygens (including phenoxy) is 1. The Morgan fingerprint density at radius 3 is 2.82 bits per heavy atom. The third kappa shape index (κ3) is 3.08. The zero-order chi connectivity index (χ0) is 12.1. The van der Waals surface area contributed by atoms with Crippen LogP contribution in [-0.2, 0) is 12.5 Å². The summed E-state index contributed by atoms with van der Waals surface area (Å²) in [4.78, 5) is 8.08. The fourth-order valence-corrected chi connectivity index (χ4v) is 1.99. The van der Waals surface area contributed by atoms with Crippen LogP contribution >= 0.6 is 23.2 Å². The van der Waals surface area contributed by atoms with Gasteiger partial charge in [-0.05, 0) is 11.6 Å². The molecule has 0 aliphatic heterocycles. The fraction of sp³-hybridized carbons (Fsp3) is 0.167. The second-order valence-electron chi connectivity index (χ2n) is 3.35. The molecule has 2 aromatic heterocycles. The maximum absolute atomic E-state index is 5.99. The van der Waals surface area contributed by atoms with E-state index < -0.39 is 0 Å². The van der Waals surface area contributed by atoms with Gasteiger partial charge in [-0.15, -0.1) is 11.6 Å². The van der Waals surface area contributed by atoms with Crippen molar-refractivity contribution in [3.05, 3.63) is 52.9 Å². The van der Waals surface area contributed by atoms with Crippen LogP contribution in [0, 0.1) is 0 Å². The summed E-state index contributed by atoms with van der Waals surface area (Å²) >= 11 is 11.8. The number of rotatable bonds is 4. The van der Waals surface area contributed by atoms with E-state index in [0.29, 0.717) is 23.4 Å². The van der Waals surface area contributed by atoms with Crippen molar-refractivity contribution >= 4 is 23.2 Å². The average molecular weight is 269 g/mol. The van der Waals surface area contributed by atoms with Gasteiger partial charge < -0.3 is 4.74 Å². The van der Waals surface area contributed by atoms with E-state index in [1.165, 1.54) is 0 Å². The van der Waals surface area contributed by atoms with Gasteiger partial charge in [-0.3, -0.25) is 4.98 Å². The van der Waals surface area contributed by atoms with Crippen molar-refractivity contribution in [1.29, 1.82) is 0 Å². The molecule has 0 unspecified atom stereocenters. The third-order valence-corrected chi connectivity index (χ3v) is 2.83. The molecule has 0 aliphatic rings. The van der Waals surface area contributed by atoms with Gasteiger partial charge in [0.15, 0.2) is 0 Å². The number of pyridine rings is 2. The zero-order valence-electron chi connectivity index (χ0n) is 8.94. The molecule has 3 nitrogen and oxygen atoms in total.